The van der Waals surface area contributed by atoms with E-state index in [0.29, 0.717) is 35.8 Å². The number of piperidine rings is 1. The van der Waals surface area contributed by atoms with Crippen molar-refractivity contribution in [2.45, 2.75) is 31.1 Å². The van der Waals surface area contributed by atoms with Gasteiger partial charge in [-0.05, 0) is 73.9 Å². The second kappa shape index (κ2) is 10.2. The summed E-state index contributed by atoms with van der Waals surface area (Å²) >= 11 is 0. The van der Waals surface area contributed by atoms with E-state index in [0.717, 1.165) is 19.3 Å². The number of pyridine rings is 1. The van der Waals surface area contributed by atoms with Crippen LogP contribution in [0.25, 0.3) is 0 Å². The molecule has 0 atom stereocenters. The highest BCUT2D eigenvalue weighted by Crippen LogP contribution is 2.29. The average Bonchev–Trinajstić information content (AvgIpc) is 2.86. The minimum atomic E-state index is -3.67. The number of hydrogen-bond acceptors (Lipinski definition) is 6. The van der Waals surface area contributed by atoms with Crippen LogP contribution in [0.3, 0.4) is 0 Å². The minimum Gasteiger partial charge on any atom is -0.497 e. The van der Waals surface area contributed by atoms with E-state index in [2.05, 4.69) is 10.3 Å². The molecule has 1 aromatic heterocycles. The van der Waals surface area contributed by atoms with Gasteiger partial charge in [0.15, 0.2) is 0 Å². The minimum absolute atomic E-state index is 0.156. The lowest BCUT2D eigenvalue weighted by Crippen LogP contribution is -2.36. The van der Waals surface area contributed by atoms with Crippen LogP contribution in [0.4, 0.5) is 5.69 Å². The third kappa shape index (κ3) is 5.21. The molecule has 0 unspecified atom stereocenters. The van der Waals surface area contributed by atoms with E-state index in [-0.39, 0.29) is 16.3 Å². The van der Waals surface area contributed by atoms with Crippen molar-refractivity contribution in [1.29, 1.82) is 0 Å². The lowest BCUT2D eigenvalue weighted by Gasteiger charge is -2.26. The van der Waals surface area contributed by atoms with E-state index < -0.39 is 15.9 Å². The summed E-state index contributed by atoms with van der Waals surface area (Å²) < 4.78 is 38.9. The van der Waals surface area contributed by atoms with Gasteiger partial charge in [-0.3, -0.25) is 4.79 Å². The maximum Gasteiger partial charge on any atom is 0.255 e. The molecule has 1 N–H and O–H groups in total. The highest BCUT2D eigenvalue weighted by Gasteiger charge is 2.28. The van der Waals surface area contributed by atoms with E-state index in [1.807, 2.05) is 0 Å². The maximum atomic E-state index is 13.2. The number of amides is 1. The molecule has 0 aliphatic carbocycles. The van der Waals surface area contributed by atoms with Crippen LogP contribution in [0, 0.1) is 6.92 Å². The summed E-state index contributed by atoms with van der Waals surface area (Å²) in [6.45, 7) is 2.74. The van der Waals surface area contributed by atoms with Gasteiger partial charge in [-0.1, -0.05) is 12.5 Å². The Morgan fingerprint density at radius 3 is 2.41 bits per heavy atom. The number of aryl methyl sites for hydroxylation is 1. The fourth-order valence-corrected chi connectivity index (χ4v) is 5.55. The molecule has 0 radical (unpaired) electrons. The van der Waals surface area contributed by atoms with Crippen LogP contribution in [0.1, 0.15) is 35.2 Å². The van der Waals surface area contributed by atoms with Crippen molar-refractivity contribution in [2.24, 2.45) is 0 Å². The summed E-state index contributed by atoms with van der Waals surface area (Å²) in [5.41, 5.74) is 1.21. The number of carbonyl (C=O) groups excluding carboxylic acids is 1. The van der Waals surface area contributed by atoms with Crippen molar-refractivity contribution in [3.8, 4) is 17.4 Å². The first-order chi connectivity index (χ1) is 16.4. The Balaban J connectivity index is 1.56. The summed E-state index contributed by atoms with van der Waals surface area (Å²) in [7, 11) is -2.09. The fraction of sp³-hybridized carbons (Fsp3) is 0.280. The number of anilines is 1. The van der Waals surface area contributed by atoms with Gasteiger partial charge >= 0.3 is 0 Å². The van der Waals surface area contributed by atoms with Gasteiger partial charge in [0.2, 0.25) is 15.9 Å². The van der Waals surface area contributed by atoms with Crippen LogP contribution in [-0.2, 0) is 10.0 Å². The van der Waals surface area contributed by atoms with E-state index in [9.17, 15) is 13.2 Å². The molecule has 1 fully saturated rings. The third-order valence-corrected chi connectivity index (χ3v) is 7.72. The second-order valence-corrected chi connectivity index (χ2v) is 9.94. The highest BCUT2D eigenvalue weighted by molar-refractivity contribution is 7.89. The molecule has 34 heavy (non-hydrogen) atoms. The Bertz CT molecular complexity index is 1270. The smallest absolute Gasteiger partial charge is 0.255 e. The Kier molecular flexibility index (Phi) is 7.14. The molecular formula is C25H27N3O5S. The lowest BCUT2D eigenvalue weighted by atomic mass is 10.1. The van der Waals surface area contributed by atoms with Crippen LogP contribution in [0.15, 0.2) is 65.7 Å². The van der Waals surface area contributed by atoms with E-state index in [1.54, 1.807) is 68.8 Å². The molecule has 0 saturated carbocycles. The van der Waals surface area contributed by atoms with Crippen molar-refractivity contribution in [2.75, 3.05) is 25.5 Å². The zero-order valence-electron chi connectivity index (χ0n) is 19.2. The average molecular weight is 482 g/mol. The van der Waals surface area contributed by atoms with Crippen molar-refractivity contribution < 1.29 is 22.7 Å². The predicted octanol–water partition coefficient (Wildman–Crippen LogP) is 4.62. The molecule has 1 aliphatic heterocycles. The summed E-state index contributed by atoms with van der Waals surface area (Å²) in [5.74, 6) is 0.980. The van der Waals surface area contributed by atoms with E-state index in [1.165, 1.54) is 10.4 Å². The van der Waals surface area contributed by atoms with Crippen molar-refractivity contribution in [3.05, 3.63) is 71.9 Å². The molecule has 9 heteroatoms. The van der Waals surface area contributed by atoms with Gasteiger partial charge in [-0.25, -0.2) is 13.4 Å². The number of nitrogens with zero attached hydrogens (tertiary/aromatic N) is 2. The molecule has 3 aromatic rings. The number of nitrogens with one attached hydrogen (secondary N) is 1. The molecule has 1 aliphatic rings. The SMILES string of the molecule is COc1ccc(Oc2ncccc2NC(=O)c2ccc(C)c(S(=O)(=O)N3CCCCC3)c2)cc1. The largest absolute Gasteiger partial charge is 0.497 e. The second-order valence-electron chi connectivity index (χ2n) is 8.03. The van der Waals surface area contributed by atoms with Crippen LogP contribution in [0.2, 0.25) is 0 Å². The van der Waals surface area contributed by atoms with Gasteiger partial charge in [-0.15, -0.1) is 0 Å². The van der Waals surface area contributed by atoms with Crippen LogP contribution >= 0.6 is 0 Å². The topological polar surface area (TPSA) is 97.8 Å². The van der Waals surface area contributed by atoms with Crippen molar-refractivity contribution in [1.82, 2.24) is 9.29 Å². The van der Waals surface area contributed by atoms with E-state index >= 15 is 0 Å². The molecule has 2 heterocycles. The molecule has 8 nitrogen and oxygen atoms in total. The molecule has 4 rings (SSSR count). The zero-order chi connectivity index (χ0) is 24.1. The number of carbonyl (C=O) groups is 1. The Morgan fingerprint density at radius 1 is 1.00 bits per heavy atom. The van der Waals surface area contributed by atoms with Gasteiger partial charge in [0.25, 0.3) is 5.91 Å². The summed E-state index contributed by atoms with van der Waals surface area (Å²) in [6, 6.07) is 15.0. The summed E-state index contributed by atoms with van der Waals surface area (Å²) in [5, 5.41) is 2.79. The van der Waals surface area contributed by atoms with Gasteiger partial charge in [0.05, 0.1) is 12.0 Å². The van der Waals surface area contributed by atoms with Crippen LogP contribution in [-0.4, -0.2) is 43.8 Å². The number of rotatable bonds is 7. The van der Waals surface area contributed by atoms with Crippen molar-refractivity contribution >= 4 is 21.6 Å². The van der Waals surface area contributed by atoms with Crippen molar-refractivity contribution in [3.63, 3.8) is 0 Å². The molecule has 0 bridgehead atoms. The Labute approximate surface area is 199 Å². The molecule has 1 saturated heterocycles. The predicted molar refractivity (Wildman–Crippen MR) is 129 cm³/mol. The fourth-order valence-electron chi connectivity index (χ4n) is 3.78. The number of hydrogen-bond donors (Lipinski definition) is 1. The van der Waals surface area contributed by atoms with Gasteiger partial charge in [-0.2, -0.15) is 4.31 Å². The highest BCUT2D eigenvalue weighted by atomic mass is 32.2. The monoisotopic (exact) mass is 481 g/mol. The molecule has 2 aromatic carbocycles. The van der Waals surface area contributed by atoms with Gasteiger partial charge < -0.3 is 14.8 Å². The third-order valence-electron chi connectivity index (χ3n) is 5.68. The number of ether oxygens (including phenoxy) is 2. The molecule has 0 spiro atoms. The molecular weight excluding hydrogens is 454 g/mol. The normalized spacial score (nSPS) is 14.4. The zero-order valence-corrected chi connectivity index (χ0v) is 20.0. The first kappa shape index (κ1) is 23.7. The molecule has 178 valence electrons. The summed E-state index contributed by atoms with van der Waals surface area (Å²) in [6.07, 6.45) is 4.27. The summed E-state index contributed by atoms with van der Waals surface area (Å²) in [4.78, 5) is 17.4. The standard InChI is InChI=1S/C25H27N3O5S/c1-18-8-9-19(17-23(18)34(30,31)28-15-4-3-5-16-28)24(29)27-22-7-6-14-26-25(22)33-21-12-10-20(32-2)11-13-21/h6-14,17H,3-5,15-16H2,1-2H3,(H,27,29). The maximum absolute atomic E-state index is 13.2. The van der Waals surface area contributed by atoms with Gasteiger partial charge in [0, 0.05) is 24.8 Å². The molecule has 1 amide bonds. The van der Waals surface area contributed by atoms with Crippen LogP contribution in [0.5, 0.6) is 17.4 Å². The Morgan fingerprint density at radius 2 is 1.71 bits per heavy atom. The van der Waals surface area contributed by atoms with Gasteiger partial charge in [0.1, 0.15) is 17.2 Å². The van der Waals surface area contributed by atoms with Crippen LogP contribution < -0.4 is 14.8 Å². The number of methoxy groups -OCH3 is 1. The lowest BCUT2D eigenvalue weighted by molar-refractivity contribution is 0.102. The number of benzene rings is 2. The number of aromatic nitrogens is 1. The van der Waals surface area contributed by atoms with E-state index in [4.69, 9.17) is 9.47 Å². The first-order valence-electron chi connectivity index (χ1n) is 11.1. The Hall–Kier alpha value is -3.43. The first-order valence-corrected chi connectivity index (χ1v) is 12.5. The quantitative estimate of drug-likeness (QED) is 0.529. The number of sulfonamides is 1.